The van der Waals surface area contributed by atoms with Crippen molar-refractivity contribution in [3.8, 4) is 16.9 Å². The van der Waals surface area contributed by atoms with Crippen molar-refractivity contribution in [3.63, 3.8) is 0 Å². The van der Waals surface area contributed by atoms with Crippen LogP contribution >= 0.6 is 0 Å². The lowest BCUT2D eigenvalue weighted by Gasteiger charge is -2.39. The number of ether oxygens (including phenoxy) is 1. The zero-order chi connectivity index (χ0) is 29.3. The number of methoxy groups -OCH3 is 1. The molecule has 0 radical (unpaired) electrons. The summed E-state index contributed by atoms with van der Waals surface area (Å²) in [7, 11) is 1.68. The summed E-state index contributed by atoms with van der Waals surface area (Å²) < 4.78 is 5.55. The Morgan fingerprint density at radius 1 is 0.905 bits per heavy atom. The zero-order valence-electron chi connectivity index (χ0n) is 24.1. The fraction of sp³-hybridized carbons (Fsp3) is 0.333. The molecule has 3 N–H and O–H groups in total. The quantitative estimate of drug-likeness (QED) is 0.116. The molecule has 3 amide bonds. The highest BCUT2D eigenvalue weighted by Crippen LogP contribution is 2.30. The van der Waals surface area contributed by atoms with Gasteiger partial charge in [0.2, 0.25) is 5.91 Å². The largest absolute Gasteiger partial charge is 0.495 e. The van der Waals surface area contributed by atoms with Crippen LogP contribution in [0.25, 0.3) is 22.0 Å². The highest BCUT2D eigenvalue weighted by molar-refractivity contribution is 5.93. The van der Waals surface area contributed by atoms with Crippen molar-refractivity contribution in [1.82, 2.24) is 15.4 Å². The molecule has 0 atom stereocenters. The first-order valence-electron chi connectivity index (χ1n) is 14.6. The van der Waals surface area contributed by atoms with Crippen LogP contribution in [-0.2, 0) is 4.79 Å². The second-order valence-corrected chi connectivity index (χ2v) is 10.6. The highest BCUT2D eigenvalue weighted by Gasteiger charge is 2.27. The molecule has 0 saturated carbocycles. The van der Waals surface area contributed by atoms with Gasteiger partial charge >= 0.3 is 6.03 Å². The maximum absolute atomic E-state index is 13.9. The van der Waals surface area contributed by atoms with E-state index in [2.05, 4.69) is 52.3 Å². The van der Waals surface area contributed by atoms with Gasteiger partial charge in [-0.15, -0.1) is 0 Å². The standard InChI is InChI=1S/C33H39N5O4/c1-42-31-9-6-5-8-30(31)36-20-22-37(23-21-36)33(40)38(19-7-3-2-4-10-32(39)35-41)28-15-13-25(14-16-28)27-12-11-26-17-18-34-29(26)24-27/h5-6,8-9,11-18,24,34,41H,2-4,7,10,19-23H2,1H3,(H,35,39). The number of fused-ring (bicyclic) bond motifs is 1. The van der Waals surface area contributed by atoms with Crippen molar-refractivity contribution in [3.05, 3.63) is 79.0 Å². The first kappa shape index (κ1) is 29.0. The Morgan fingerprint density at radius 2 is 1.64 bits per heavy atom. The Kier molecular flexibility index (Phi) is 9.61. The van der Waals surface area contributed by atoms with Crippen molar-refractivity contribution in [1.29, 1.82) is 0 Å². The molecule has 0 aliphatic carbocycles. The van der Waals surface area contributed by atoms with Gasteiger partial charge in [-0.3, -0.25) is 14.9 Å². The number of piperazine rings is 1. The van der Waals surface area contributed by atoms with Gasteiger partial charge in [0.05, 0.1) is 12.8 Å². The number of aromatic nitrogens is 1. The van der Waals surface area contributed by atoms with E-state index in [1.165, 1.54) is 5.39 Å². The molecular weight excluding hydrogens is 530 g/mol. The van der Waals surface area contributed by atoms with E-state index in [1.54, 1.807) is 12.6 Å². The lowest BCUT2D eigenvalue weighted by atomic mass is 10.0. The fourth-order valence-corrected chi connectivity index (χ4v) is 5.56. The Hall–Kier alpha value is -4.50. The lowest BCUT2D eigenvalue weighted by molar-refractivity contribution is -0.129. The molecule has 1 fully saturated rings. The molecule has 1 aliphatic rings. The topological polar surface area (TPSA) is 101 Å². The summed E-state index contributed by atoms with van der Waals surface area (Å²) in [5, 5.41) is 9.87. The number of amides is 3. The van der Waals surface area contributed by atoms with Gasteiger partial charge in [-0.1, -0.05) is 49.2 Å². The van der Waals surface area contributed by atoms with E-state index in [0.29, 0.717) is 32.5 Å². The van der Waals surface area contributed by atoms with Crippen LogP contribution in [0.3, 0.4) is 0 Å². The van der Waals surface area contributed by atoms with Crippen molar-refractivity contribution in [2.24, 2.45) is 0 Å². The number of carbonyl (C=O) groups is 2. The summed E-state index contributed by atoms with van der Waals surface area (Å²) in [4.78, 5) is 34.6. The normalized spacial score (nSPS) is 13.3. The van der Waals surface area contributed by atoms with Crippen LogP contribution in [0.15, 0.2) is 79.0 Å². The van der Waals surface area contributed by atoms with E-state index in [9.17, 15) is 9.59 Å². The van der Waals surface area contributed by atoms with Gasteiger partial charge < -0.3 is 19.5 Å². The first-order chi connectivity index (χ1) is 20.6. The van der Waals surface area contributed by atoms with Crippen LogP contribution in [0.1, 0.15) is 32.1 Å². The number of unbranched alkanes of at least 4 members (excludes halogenated alkanes) is 3. The third-order valence-corrected chi connectivity index (χ3v) is 7.93. The SMILES string of the molecule is COc1ccccc1N1CCN(C(=O)N(CCCCCCC(=O)NO)c2ccc(-c3ccc4cc[nH]c4c3)cc2)CC1. The Morgan fingerprint density at radius 3 is 2.40 bits per heavy atom. The third kappa shape index (κ3) is 6.86. The maximum Gasteiger partial charge on any atom is 0.324 e. The van der Waals surface area contributed by atoms with Crippen molar-refractivity contribution in [2.45, 2.75) is 32.1 Å². The van der Waals surface area contributed by atoms with Crippen LogP contribution < -0.4 is 20.0 Å². The second kappa shape index (κ2) is 13.9. The van der Waals surface area contributed by atoms with E-state index in [1.807, 2.05) is 46.3 Å². The van der Waals surface area contributed by atoms with Crippen LogP contribution in [0.5, 0.6) is 5.75 Å². The summed E-state index contributed by atoms with van der Waals surface area (Å²) in [5.41, 5.74) is 6.91. The summed E-state index contributed by atoms with van der Waals surface area (Å²) >= 11 is 0. The number of aromatic amines is 1. The van der Waals surface area contributed by atoms with Crippen molar-refractivity contribution in [2.75, 3.05) is 49.6 Å². The lowest BCUT2D eigenvalue weighted by Crippen LogP contribution is -2.53. The number of para-hydroxylation sites is 2. The van der Waals surface area contributed by atoms with E-state index in [4.69, 9.17) is 9.94 Å². The smallest absolute Gasteiger partial charge is 0.324 e. The fourth-order valence-electron chi connectivity index (χ4n) is 5.56. The Balaban J connectivity index is 1.27. The van der Waals surface area contributed by atoms with Crippen molar-refractivity contribution < 1.29 is 19.5 Å². The van der Waals surface area contributed by atoms with E-state index < -0.39 is 0 Å². The molecule has 0 unspecified atom stereocenters. The molecule has 1 saturated heterocycles. The van der Waals surface area contributed by atoms with E-state index >= 15 is 0 Å². The molecule has 0 spiro atoms. The molecule has 5 rings (SSSR count). The van der Waals surface area contributed by atoms with E-state index in [0.717, 1.165) is 66.1 Å². The average Bonchev–Trinajstić information content (AvgIpc) is 3.52. The van der Waals surface area contributed by atoms with E-state index in [-0.39, 0.29) is 11.9 Å². The molecule has 3 aromatic carbocycles. The number of anilines is 2. The number of H-pyrrole nitrogens is 1. The van der Waals surface area contributed by atoms with Gasteiger partial charge in [0.15, 0.2) is 0 Å². The number of hydrogen-bond donors (Lipinski definition) is 3. The van der Waals surface area contributed by atoms with Gasteiger partial charge in [-0.2, -0.15) is 0 Å². The number of nitrogens with one attached hydrogen (secondary N) is 2. The minimum absolute atomic E-state index is 0.00916. The highest BCUT2D eigenvalue weighted by atomic mass is 16.5. The van der Waals surface area contributed by atoms with Gasteiger partial charge in [0.1, 0.15) is 5.75 Å². The van der Waals surface area contributed by atoms with Gasteiger partial charge in [-0.05, 0) is 65.8 Å². The third-order valence-electron chi connectivity index (χ3n) is 7.93. The second-order valence-electron chi connectivity index (χ2n) is 10.6. The van der Waals surface area contributed by atoms with Gasteiger partial charge in [-0.25, -0.2) is 10.3 Å². The molecular formula is C33H39N5O4. The molecule has 220 valence electrons. The number of carbonyl (C=O) groups excluding carboxylic acids is 2. The first-order valence-corrected chi connectivity index (χ1v) is 14.6. The predicted molar refractivity (Wildman–Crippen MR) is 166 cm³/mol. The molecule has 1 aliphatic heterocycles. The van der Waals surface area contributed by atoms with Gasteiger partial charge in [0.25, 0.3) is 0 Å². The zero-order valence-corrected chi connectivity index (χ0v) is 24.1. The van der Waals surface area contributed by atoms with Gasteiger partial charge in [0, 0.05) is 56.5 Å². The molecule has 1 aromatic heterocycles. The molecule has 42 heavy (non-hydrogen) atoms. The Labute approximate surface area is 246 Å². The maximum atomic E-state index is 13.9. The monoisotopic (exact) mass is 569 g/mol. The number of hydroxylamine groups is 1. The molecule has 9 nitrogen and oxygen atoms in total. The average molecular weight is 570 g/mol. The van der Waals surface area contributed by atoms with Crippen molar-refractivity contribution >= 4 is 34.2 Å². The number of benzene rings is 3. The summed E-state index contributed by atoms with van der Waals surface area (Å²) in [5.74, 6) is 0.473. The number of urea groups is 1. The molecule has 4 aromatic rings. The molecule has 0 bridgehead atoms. The summed E-state index contributed by atoms with van der Waals surface area (Å²) in [6, 6.07) is 24.6. The minimum Gasteiger partial charge on any atom is -0.495 e. The molecule has 2 heterocycles. The van der Waals surface area contributed by atoms with Crippen LogP contribution in [0.4, 0.5) is 16.2 Å². The number of nitrogens with zero attached hydrogens (tertiary/aromatic N) is 3. The summed E-state index contributed by atoms with van der Waals surface area (Å²) in [6.07, 6.45) is 5.50. The van der Waals surface area contributed by atoms with Crippen LogP contribution in [0.2, 0.25) is 0 Å². The minimum atomic E-state index is -0.366. The number of hydrogen-bond acceptors (Lipinski definition) is 5. The molecule has 9 heteroatoms. The number of rotatable bonds is 11. The van der Waals surface area contributed by atoms with Crippen LogP contribution in [0, 0.1) is 0 Å². The predicted octanol–water partition coefficient (Wildman–Crippen LogP) is 6.05. The summed E-state index contributed by atoms with van der Waals surface area (Å²) in [6.45, 7) is 3.29. The Bertz CT molecular complexity index is 1480. The van der Waals surface area contributed by atoms with Crippen LogP contribution in [-0.4, -0.2) is 66.9 Å².